The van der Waals surface area contributed by atoms with E-state index in [1.807, 2.05) is 32.2 Å². The molecular weight excluding hydrogens is 292 g/mol. The van der Waals surface area contributed by atoms with E-state index in [1.54, 1.807) is 30.1 Å². The van der Waals surface area contributed by atoms with Crippen LogP contribution in [0.2, 0.25) is 0 Å². The van der Waals surface area contributed by atoms with Crippen LogP contribution < -0.4 is 5.32 Å². The predicted octanol–water partition coefficient (Wildman–Crippen LogP) is 2.62. The summed E-state index contributed by atoms with van der Waals surface area (Å²) in [5.41, 5.74) is 3.34. The average molecular weight is 310 g/mol. The quantitative estimate of drug-likeness (QED) is 0.804. The smallest absolute Gasteiger partial charge is 0.255 e. The average Bonchev–Trinajstić information content (AvgIpc) is 3.08. The molecule has 0 aliphatic rings. The summed E-state index contributed by atoms with van der Waals surface area (Å²) in [4.78, 5) is 16.2. The van der Waals surface area contributed by atoms with Crippen LogP contribution in [0.1, 0.15) is 27.6 Å². The summed E-state index contributed by atoms with van der Waals surface area (Å²) < 4.78 is 7.16. The van der Waals surface area contributed by atoms with Crippen molar-refractivity contribution >= 4 is 5.91 Å². The summed E-state index contributed by atoms with van der Waals surface area (Å²) in [5, 5.41) is 7.38. The third-order valence-corrected chi connectivity index (χ3v) is 3.67. The molecule has 0 saturated carbocycles. The molecule has 118 valence electrons. The molecule has 3 rings (SSSR count). The third-order valence-electron chi connectivity index (χ3n) is 3.67. The fraction of sp³-hybridized carbons (Fsp3) is 0.235. The summed E-state index contributed by atoms with van der Waals surface area (Å²) in [6.45, 7) is 4.01. The Morgan fingerprint density at radius 1 is 1.26 bits per heavy atom. The number of hydrogen-bond donors (Lipinski definition) is 1. The highest BCUT2D eigenvalue weighted by Gasteiger charge is 2.14. The molecule has 6 heteroatoms. The van der Waals surface area contributed by atoms with Gasteiger partial charge in [0.05, 0.1) is 23.5 Å². The molecule has 0 aliphatic heterocycles. The van der Waals surface area contributed by atoms with Gasteiger partial charge in [-0.3, -0.25) is 14.5 Å². The minimum Gasteiger partial charge on any atom is -0.466 e. The Kier molecular flexibility index (Phi) is 3.97. The lowest BCUT2D eigenvalue weighted by molar-refractivity contribution is 0.0948. The number of carbonyl (C=O) groups is 1. The Bertz CT molecular complexity index is 834. The molecule has 1 N–H and O–H groups in total. The van der Waals surface area contributed by atoms with E-state index in [0.717, 1.165) is 22.7 Å². The Morgan fingerprint density at radius 3 is 2.65 bits per heavy atom. The van der Waals surface area contributed by atoms with Crippen LogP contribution in [0, 0.1) is 13.8 Å². The second-order valence-electron chi connectivity index (χ2n) is 5.39. The highest BCUT2D eigenvalue weighted by molar-refractivity contribution is 5.95. The van der Waals surface area contributed by atoms with Gasteiger partial charge in [-0.1, -0.05) is 0 Å². The van der Waals surface area contributed by atoms with Crippen LogP contribution in [0.5, 0.6) is 0 Å². The van der Waals surface area contributed by atoms with Gasteiger partial charge in [-0.25, -0.2) is 0 Å². The van der Waals surface area contributed by atoms with Gasteiger partial charge in [0.2, 0.25) is 0 Å². The number of aryl methyl sites for hydroxylation is 3. The minimum atomic E-state index is -0.147. The second kappa shape index (κ2) is 6.08. The van der Waals surface area contributed by atoms with Crippen LogP contribution in [0.4, 0.5) is 0 Å². The van der Waals surface area contributed by atoms with Crippen molar-refractivity contribution in [2.45, 2.75) is 20.4 Å². The van der Waals surface area contributed by atoms with Gasteiger partial charge in [0, 0.05) is 25.0 Å². The molecule has 6 nitrogen and oxygen atoms in total. The van der Waals surface area contributed by atoms with Crippen LogP contribution in [0.25, 0.3) is 11.3 Å². The van der Waals surface area contributed by atoms with E-state index in [9.17, 15) is 4.79 Å². The Balaban J connectivity index is 1.73. The first-order valence-corrected chi connectivity index (χ1v) is 7.33. The van der Waals surface area contributed by atoms with E-state index in [1.165, 1.54) is 0 Å². The lowest BCUT2D eigenvalue weighted by Crippen LogP contribution is -2.24. The van der Waals surface area contributed by atoms with Crippen molar-refractivity contribution in [3.63, 3.8) is 0 Å². The molecule has 0 unspecified atom stereocenters. The summed E-state index contributed by atoms with van der Waals surface area (Å²) >= 11 is 0. The zero-order valence-electron chi connectivity index (χ0n) is 13.3. The maximum Gasteiger partial charge on any atom is 0.255 e. The number of furan rings is 1. The second-order valence-corrected chi connectivity index (χ2v) is 5.39. The summed E-state index contributed by atoms with van der Waals surface area (Å²) in [6, 6.07) is 7.52. The van der Waals surface area contributed by atoms with Gasteiger partial charge >= 0.3 is 0 Å². The van der Waals surface area contributed by atoms with Gasteiger partial charge in [0.1, 0.15) is 11.5 Å². The zero-order valence-corrected chi connectivity index (χ0v) is 13.3. The number of hydrogen-bond acceptors (Lipinski definition) is 4. The van der Waals surface area contributed by atoms with Gasteiger partial charge in [-0.15, -0.1) is 0 Å². The van der Waals surface area contributed by atoms with E-state index in [-0.39, 0.29) is 5.91 Å². The minimum absolute atomic E-state index is 0.147. The lowest BCUT2D eigenvalue weighted by Gasteiger charge is -2.04. The number of nitrogens with one attached hydrogen (secondary N) is 1. The maximum absolute atomic E-state index is 12.2. The van der Waals surface area contributed by atoms with Crippen molar-refractivity contribution in [1.82, 2.24) is 20.1 Å². The summed E-state index contributed by atoms with van der Waals surface area (Å²) in [6.07, 6.45) is 3.46. The third kappa shape index (κ3) is 3.15. The normalized spacial score (nSPS) is 10.7. The summed E-state index contributed by atoms with van der Waals surface area (Å²) in [7, 11) is 1.86. The van der Waals surface area contributed by atoms with E-state index in [0.29, 0.717) is 17.9 Å². The van der Waals surface area contributed by atoms with E-state index < -0.39 is 0 Å². The molecule has 0 aliphatic carbocycles. The van der Waals surface area contributed by atoms with Crippen LogP contribution >= 0.6 is 0 Å². The van der Waals surface area contributed by atoms with Crippen molar-refractivity contribution in [1.29, 1.82) is 0 Å². The Hall–Kier alpha value is -2.89. The number of carbonyl (C=O) groups excluding carboxylic acids is 1. The van der Waals surface area contributed by atoms with Crippen LogP contribution in [0.3, 0.4) is 0 Å². The Labute approximate surface area is 134 Å². The highest BCUT2D eigenvalue weighted by Crippen LogP contribution is 2.18. The molecule has 1 amide bonds. The molecular formula is C17H18N4O2. The van der Waals surface area contributed by atoms with Gasteiger partial charge in [0.15, 0.2) is 0 Å². The first kappa shape index (κ1) is 15.0. The predicted molar refractivity (Wildman–Crippen MR) is 85.8 cm³/mol. The molecule has 0 atom stereocenters. The number of aromatic nitrogens is 3. The molecule has 0 fully saturated rings. The van der Waals surface area contributed by atoms with E-state index in [4.69, 9.17) is 4.42 Å². The first-order chi connectivity index (χ1) is 11.0. The zero-order chi connectivity index (χ0) is 16.4. The molecule has 3 aromatic heterocycles. The monoisotopic (exact) mass is 310 g/mol. The molecule has 3 aromatic rings. The molecule has 0 aromatic carbocycles. The van der Waals surface area contributed by atoms with Crippen molar-refractivity contribution in [2.75, 3.05) is 0 Å². The number of amides is 1. The van der Waals surface area contributed by atoms with Crippen molar-refractivity contribution in [3.05, 3.63) is 59.4 Å². The van der Waals surface area contributed by atoms with Gasteiger partial charge < -0.3 is 9.73 Å². The molecule has 0 bridgehead atoms. The molecule has 0 saturated heterocycles. The standard InChI is InChI=1S/C17H18N4O2/c1-11-8-15(12(2)23-11)17(22)19-10-14-9-16(20-21(14)3)13-4-6-18-7-5-13/h4-9H,10H2,1-3H3,(H,19,22). The SMILES string of the molecule is Cc1cc(C(=O)NCc2cc(-c3ccncc3)nn2C)c(C)o1. The van der Waals surface area contributed by atoms with Crippen molar-refractivity contribution < 1.29 is 9.21 Å². The van der Waals surface area contributed by atoms with Gasteiger partial charge in [-0.2, -0.15) is 5.10 Å². The largest absolute Gasteiger partial charge is 0.466 e. The fourth-order valence-electron chi connectivity index (χ4n) is 2.46. The van der Waals surface area contributed by atoms with Crippen LogP contribution in [-0.4, -0.2) is 20.7 Å². The number of pyridine rings is 1. The van der Waals surface area contributed by atoms with E-state index >= 15 is 0 Å². The Morgan fingerprint density at radius 2 is 2.00 bits per heavy atom. The maximum atomic E-state index is 12.2. The van der Waals surface area contributed by atoms with Crippen LogP contribution in [-0.2, 0) is 13.6 Å². The summed E-state index contributed by atoms with van der Waals surface area (Å²) in [5.74, 6) is 1.21. The number of nitrogens with zero attached hydrogens (tertiary/aromatic N) is 3. The molecule has 0 radical (unpaired) electrons. The molecule has 23 heavy (non-hydrogen) atoms. The van der Waals surface area contributed by atoms with Crippen LogP contribution in [0.15, 0.2) is 41.1 Å². The fourth-order valence-corrected chi connectivity index (χ4v) is 2.46. The van der Waals surface area contributed by atoms with Crippen molar-refractivity contribution in [2.24, 2.45) is 7.05 Å². The lowest BCUT2D eigenvalue weighted by atomic mass is 10.2. The first-order valence-electron chi connectivity index (χ1n) is 7.33. The number of rotatable bonds is 4. The van der Waals surface area contributed by atoms with E-state index in [2.05, 4.69) is 15.4 Å². The molecule has 0 spiro atoms. The van der Waals surface area contributed by atoms with Crippen molar-refractivity contribution in [3.8, 4) is 11.3 Å². The molecule has 3 heterocycles. The highest BCUT2D eigenvalue weighted by atomic mass is 16.3. The van der Waals surface area contributed by atoms with Gasteiger partial charge in [0.25, 0.3) is 5.91 Å². The van der Waals surface area contributed by atoms with Gasteiger partial charge in [-0.05, 0) is 38.1 Å². The topological polar surface area (TPSA) is 73.0 Å².